The van der Waals surface area contributed by atoms with E-state index in [4.69, 9.17) is 14.2 Å². The molecule has 0 bridgehead atoms. The Morgan fingerprint density at radius 2 is 1.71 bits per heavy atom. The van der Waals surface area contributed by atoms with Crippen LogP contribution in [0.1, 0.15) is 37.5 Å². The van der Waals surface area contributed by atoms with Crippen LogP contribution in [0.2, 0.25) is 0 Å². The summed E-state index contributed by atoms with van der Waals surface area (Å²) < 4.78 is 16.8. The van der Waals surface area contributed by atoms with Gasteiger partial charge in [-0.2, -0.15) is 0 Å². The number of esters is 2. The van der Waals surface area contributed by atoms with Crippen molar-refractivity contribution in [2.45, 2.75) is 39.1 Å². The molecule has 0 unspecified atom stereocenters. The third-order valence-corrected chi connectivity index (χ3v) is 4.73. The van der Waals surface area contributed by atoms with E-state index < -0.39 is 35.2 Å². The molecule has 0 saturated carbocycles. The molecule has 5 heteroatoms. The number of carbonyl (C=O) groups is 2. The first kappa shape index (κ1) is 16.7. The Morgan fingerprint density at radius 1 is 1.12 bits per heavy atom. The van der Waals surface area contributed by atoms with Crippen LogP contribution >= 0.6 is 0 Å². The van der Waals surface area contributed by atoms with Gasteiger partial charge in [-0.3, -0.25) is 9.59 Å². The molecule has 0 radical (unpaired) electrons. The van der Waals surface area contributed by atoms with E-state index in [1.165, 1.54) is 0 Å². The lowest BCUT2D eigenvalue weighted by molar-refractivity contribution is -0.270. The third kappa shape index (κ3) is 2.44. The van der Waals surface area contributed by atoms with Gasteiger partial charge in [-0.15, -0.1) is 6.58 Å². The first-order valence-electron chi connectivity index (χ1n) is 8.09. The predicted octanol–water partition coefficient (Wildman–Crippen LogP) is 3.08. The lowest BCUT2D eigenvalue weighted by atomic mass is 9.65. The summed E-state index contributed by atoms with van der Waals surface area (Å²) in [5.41, 5.74) is 0.282. The summed E-state index contributed by atoms with van der Waals surface area (Å²) in [6.45, 7) is 9.30. The smallest absolute Gasteiger partial charge is 0.330 e. The maximum atomic E-state index is 13.0. The van der Waals surface area contributed by atoms with Crippen LogP contribution in [0.15, 0.2) is 36.9 Å². The summed E-state index contributed by atoms with van der Waals surface area (Å²) in [7, 11) is 0. The molecule has 0 N–H and O–H groups in total. The number of rotatable bonds is 2. The van der Waals surface area contributed by atoms with E-state index in [9.17, 15) is 9.59 Å². The lowest BCUT2D eigenvalue weighted by Crippen LogP contribution is -2.61. The number of hydrogen-bond donors (Lipinski definition) is 0. The number of aryl methyl sites for hydroxylation is 1. The van der Waals surface area contributed by atoms with Crippen molar-refractivity contribution in [2.24, 2.45) is 11.3 Å². The van der Waals surface area contributed by atoms with Crippen molar-refractivity contribution in [3.63, 3.8) is 0 Å². The van der Waals surface area contributed by atoms with Crippen LogP contribution in [-0.4, -0.2) is 24.3 Å². The van der Waals surface area contributed by atoms with Gasteiger partial charge in [0.25, 0.3) is 5.79 Å². The Balaban J connectivity index is 2.13. The van der Waals surface area contributed by atoms with Gasteiger partial charge < -0.3 is 14.2 Å². The Labute approximate surface area is 141 Å². The monoisotopic (exact) mass is 330 g/mol. The van der Waals surface area contributed by atoms with Gasteiger partial charge in [0.05, 0.1) is 0 Å². The summed E-state index contributed by atoms with van der Waals surface area (Å²) >= 11 is 0. The lowest BCUT2D eigenvalue weighted by Gasteiger charge is -2.49. The summed E-state index contributed by atoms with van der Waals surface area (Å²) in [4.78, 5) is 25.9. The number of cyclic esters (lactones) is 2. The topological polar surface area (TPSA) is 61.8 Å². The van der Waals surface area contributed by atoms with E-state index in [-0.39, 0.29) is 0 Å². The average molecular weight is 330 g/mol. The second-order valence-corrected chi connectivity index (χ2v) is 6.84. The molecule has 2 aliphatic heterocycles. The number of hydrogen-bond acceptors (Lipinski definition) is 5. The Morgan fingerprint density at radius 3 is 2.25 bits per heavy atom. The maximum Gasteiger partial charge on any atom is 0.330 e. The highest BCUT2D eigenvalue weighted by atomic mass is 16.7. The zero-order valence-corrected chi connectivity index (χ0v) is 14.2. The van der Waals surface area contributed by atoms with Crippen LogP contribution in [0.4, 0.5) is 0 Å². The molecule has 2 saturated heterocycles. The molecule has 3 rings (SSSR count). The molecule has 0 aliphatic carbocycles. The summed E-state index contributed by atoms with van der Waals surface area (Å²) in [5, 5.41) is 0. The van der Waals surface area contributed by atoms with Gasteiger partial charge in [0.2, 0.25) is 5.41 Å². The third-order valence-electron chi connectivity index (χ3n) is 4.73. The molecule has 1 aromatic rings. The molecule has 2 fully saturated rings. The molecule has 2 atom stereocenters. The highest BCUT2D eigenvalue weighted by molar-refractivity contribution is 6.03. The molecule has 128 valence electrons. The van der Waals surface area contributed by atoms with E-state index >= 15 is 0 Å². The van der Waals surface area contributed by atoms with Crippen LogP contribution in [0, 0.1) is 18.3 Å². The molecule has 0 aromatic heterocycles. The van der Waals surface area contributed by atoms with Crippen molar-refractivity contribution < 1.29 is 23.8 Å². The van der Waals surface area contributed by atoms with Gasteiger partial charge in [-0.1, -0.05) is 35.9 Å². The molecular formula is C19H22O5. The molecule has 2 aliphatic rings. The first-order chi connectivity index (χ1) is 11.3. The largest absolute Gasteiger partial charge is 0.422 e. The summed E-state index contributed by atoms with van der Waals surface area (Å²) in [6.07, 6.45) is 1.38. The number of carbonyl (C=O) groups excluding carboxylic acids is 2. The van der Waals surface area contributed by atoms with Gasteiger partial charge >= 0.3 is 11.9 Å². The van der Waals surface area contributed by atoms with E-state index in [0.29, 0.717) is 13.0 Å². The van der Waals surface area contributed by atoms with Crippen LogP contribution in [0.5, 0.6) is 0 Å². The van der Waals surface area contributed by atoms with Gasteiger partial charge in [0.1, 0.15) is 6.10 Å². The minimum atomic E-state index is -1.55. The van der Waals surface area contributed by atoms with Crippen molar-refractivity contribution in [3.8, 4) is 0 Å². The van der Waals surface area contributed by atoms with E-state index in [1.807, 2.05) is 31.2 Å². The molecule has 1 spiro atoms. The highest BCUT2D eigenvalue weighted by Gasteiger charge is 2.66. The fourth-order valence-electron chi connectivity index (χ4n) is 3.51. The van der Waals surface area contributed by atoms with Gasteiger partial charge in [-0.25, -0.2) is 0 Å². The molecule has 24 heavy (non-hydrogen) atoms. The van der Waals surface area contributed by atoms with E-state index in [1.54, 1.807) is 19.9 Å². The van der Waals surface area contributed by atoms with Gasteiger partial charge in [-0.05, 0) is 18.9 Å². The average Bonchev–Trinajstić information content (AvgIpc) is 2.52. The van der Waals surface area contributed by atoms with Crippen LogP contribution in [0.25, 0.3) is 0 Å². The fourth-order valence-corrected chi connectivity index (χ4v) is 3.51. The minimum Gasteiger partial charge on any atom is -0.422 e. The molecular weight excluding hydrogens is 308 g/mol. The quantitative estimate of drug-likeness (QED) is 0.474. The van der Waals surface area contributed by atoms with Gasteiger partial charge in [0, 0.05) is 26.4 Å². The summed E-state index contributed by atoms with van der Waals surface area (Å²) in [5.74, 6) is -2.91. The van der Waals surface area contributed by atoms with Crippen LogP contribution < -0.4 is 0 Å². The standard InChI is InChI=1S/C19H22O5/c1-5-14-10-11-22-15(13-8-6-12(2)7-9-13)19(14)16(20)23-18(3,4)24-17(19)21/h5-9,14-15H,1,10-11H2,2-4H3/t14-,15+/m0/s1. The first-order valence-corrected chi connectivity index (χ1v) is 8.09. The van der Waals surface area contributed by atoms with E-state index in [2.05, 4.69) is 6.58 Å². The highest BCUT2D eigenvalue weighted by Crippen LogP contribution is 2.53. The van der Waals surface area contributed by atoms with Crippen molar-refractivity contribution >= 4 is 11.9 Å². The Bertz CT molecular complexity index is 654. The second kappa shape index (κ2) is 5.74. The SMILES string of the molecule is C=C[C@H]1CCO[C@H](c2ccc(C)cc2)C12C(=O)OC(C)(C)OC2=O. The fraction of sp³-hybridized carbons (Fsp3) is 0.474. The van der Waals surface area contributed by atoms with Crippen LogP contribution in [-0.2, 0) is 23.8 Å². The molecule has 0 amide bonds. The number of ether oxygens (including phenoxy) is 3. The van der Waals surface area contributed by atoms with Crippen molar-refractivity contribution in [1.29, 1.82) is 0 Å². The van der Waals surface area contributed by atoms with Crippen molar-refractivity contribution in [1.82, 2.24) is 0 Å². The van der Waals surface area contributed by atoms with Crippen molar-refractivity contribution in [3.05, 3.63) is 48.0 Å². The number of allylic oxidation sites excluding steroid dienone is 1. The van der Waals surface area contributed by atoms with E-state index in [0.717, 1.165) is 11.1 Å². The molecule has 2 heterocycles. The Kier molecular flexibility index (Phi) is 4.00. The maximum absolute atomic E-state index is 13.0. The zero-order chi connectivity index (χ0) is 17.5. The molecule has 1 aromatic carbocycles. The normalized spacial score (nSPS) is 28.1. The predicted molar refractivity (Wildman–Crippen MR) is 86.9 cm³/mol. The minimum absolute atomic E-state index is 0.409. The second-order valence-electron chi connectivity index (χ2n) is 6.84. The van der Waals surface area contributed by atoms with Gasteiger partial charge in [0.15, 0.2) is 0 Å². The zero-order valence-electron chi connectivity index (χ0n) is 14.2. The van der Waals surface area contributed by atoms with Crippen LogP contribution in [0.3, 0.4) is 0 Å². The number of benzene rings is 1. The van der Waals surface area contributed by atoms with Crippen molar-refractivity contribution in [2.75, 3.05) is 6.61 Å². The molecule has 5 nitrogen and oxygen atoms in total. The Hall–Kier alpha value is -2.14. The summed E-state index contributed by atoms with van der Waals surface area (Å²) in [6, 6.07) is 7.59.